The molecule has 2 atom stereocenters. The van der Waals surface area contributed by atoms with Crippen molar-refractivity contribution < 1.29 is 23.2 Å². The van der Waals surface area contributed by atoms with Crippen molar-refractivity contribution in [3.8, 4) is 0 Å². The van der Waals surface area contributed by atoms with Crippen LogP contribution in [0.1, 0.15) is 141 Å². The average Bonchev–Trinajstić information content (AvgIpc) is 3.40. The molecule has 2 heterocycles. The van der Waals surface area contributed by atoms with E-state index in [1.165, 1.54) is 109 Å². The van der Waals surface area contributed by atoms with Crippen LogP contribution in [-0.4, -0.2) is 45.9 Å². The van der Waals surface area contributed by atoms with Gasteiger partial charge in [0.2, 0.25) is 0 Å². The number of fused-ring (bicyclic) bond motifs is 1. The van der Waals surface area contributed by atoms with Gasteiger partial charge in [0, 0.05) is 12.8 Å². The molecule has 0 saturated heterocycles. The molecule has 2 aromatic heterocycles. The summed E-state index contributed by atoms with van der Waals surface area (Å²) in [5.74, 6) is 0.422. The van der Waals surface area contributed by atoms with Crippen LogP contribution in [0.4, 0.5) is 5.82 Å². The highest BCUT2D eigenvalue weighted by Crippen LogP contribution is 2.43. The van der Waals surface area contributed by atoms with Crippen LogP contribution in [0.15, 0.2) is 18.5 Å². The Hall–Kier alpha value is -1.51. The molecule has 2 unspecified atom stereocenters. The van der Waals surface area contributed by atoms with Gasteiger partial charge in [-0.1, -0.05) is 122 Å². The fraction of sp³-hybridized carbons (Fsp3) is 0.812. The van der Waals surface area contributed by atoms with Gasteiger partial charge in [0.15, 0.2) is 5.82 Å². The maximum Gasteiger partial charge on any atom is 0.472 e. The van der Waals surface area contributed by atoms with Crippen LogP contribution in [-0.2, 0) is 24.8 Å². The van der Waals surface area contributed by atoms with Crippen molar-refractivity contribution in [1.82, 2.24) is 14.6 Å². The summed E-state index contributed by atoms with van der Waals surface area (Å²) < 4.78 is 29.9. The van der Waals surface area contributed by atoms with E-state index in [1.807, 2.05) is 12.1 Å². The second-order valence-electron chi connectivity index (χ2n) is 11.6. The fourth-order valence-electron chi connectivity index (χ4n) is 5.35. The van der Waals surface area contributed by atoms with Crippen LogP contribution in [0.5, 0.6) is 0 Å². The highest BCUT2D eigenvalue weighted by Gasteiger charge is 2.23. The molecule has 0 amide bonds. The lowest BCUT2D eigenvalue weighted by atomic mass is 10.0. The Balaban J connectivity index is 1.39. The molecule has 2 aromatic rings. The molecule has 42 heavy (non-hydrogen) atoms. The number of nitrogens with zero attached hydrogens (tertiary/aromatic N) is 3. The average molecular weight is 611 g/mol. The summed E-state index contributed by atoms with van der Waals surface area (Å²) >= 11 is 0. The number of phosphoric ester groups is 1. The lowest BCUT2D eigenvalue weighted by Gasteiger charge is -2.18. The van der Waals surface area contributed by atoms with Gasteiger partial charge in [0.25, 0.3) is 0 Å². The molecule has 0 bridgehead atoms. The highest BCUT2D eigenvalue weighted by atomic mass is 31.2. The van der Waals surface area contributed by atoms with Gasteiger partial charge in [-0.2, -0.15) is 5.10 Å². The Morgan fingerprint density at radius 3 is 1.88 bits per heavy atom. The van der Waals surface area contributed by atoms with Crippen LogP contribution in [0, 0.1) is 0 Å². The number of ether oxygens (including phenoxy) is 1. The van der Waals surface area contributed by atoms with Gasteiger partial charge < -0.3 is 15.4 Å². The normalized spacial score (nSPS) is 14.0. The Bertz CT molecular complexity index is 989. The van der Waals surface area contributed by atoms with E-state index in [4.69, 9.17) is 19.5 Å². The summed E-state index contributed by atoms with van der Waals surface area (Å²) in [5, 5.41) is 4.24. The van der Waals surface area contributed by atoms with E-state index in [0.29, 0.717) is 18.7 Å². The molecule has 0 aromatic carbocycles. The lowest BCUT2D eigenvalue weighted by molar-refractivity contribution is 0.0344. The molecule has 0 spiro atoms. The molecule has 0 saturated carbocycles. The Morgan fingerprint density at radius 2 is 1.36 bits per heavy atom. The SMILES string of the molecule is CCCCCCCCCCCCCCCCCCCCCOP(=O)(O)OCC(CCc1ccc2c(N)ncnn12)OC. The number of hydrogen-bond acceptors (Lipinski definition) is 7. The summed E-state index contributed by atoms with van der Waals surface area (Å²) in [6.07, 6.45) is 27.2. The van der Waals surface area contributed by atoms with Crippen molar-refractivity contribution in [3.63, 3.8) is 0 Å². The minimum atomic E-state index is -4.11. The molecular weight excluding hydrogens is 551 g/mol. The van der Waals surface area contributed by atoms with Crippen LogP contribution >= 0.6 is 7.82 Å². The summed E-state index contributed by atoms with van der Waals surface area (Å²) in [4.78, 5) is 14.1. The van der Waals surface area contributed by atoms with Crippen molar-refractivity contribution in [2.75, 3.05) is 26.1 Å². The predicted octanol–water partition coefficient (Wildman–Crippen LogP) is 8.82. The molecule has 242 valence electrons. The number of nitrogens with two attached hydrogens (primary N) is 1. The number of nitrogen functional groups attached to an aromatic ring is 1. The second kappa shape index (κ2) is 22.9. The van der Waals surface area contributed by atoms with Crippen LogP contribution < -0.4 is 5.73 Å². The molecule has 0 fully saturated rings. The third-order valence-corrected chi connectivity index (χ3v) is 9.03. The maximum absolute atomic E-state index is 12.3. The van der Waals surface area contributed by atoms with E-state index in [-0.39, 0.29) is 19.3 Å². The van der Waals surface area contributed by atoms with Crippen molar-refractivity contribution >= 4 is 19.2 Å². The van der Waals surface area contributed by atoms with Crippen LogP contribution in [0.2, 0.25) is 0 Å². The van der Waals surface area contributed by atoms with Crippen molar-refractivity contribution in [1.29, 1.82) is 0 Å². The maximum atomic E-state index is 12.3. The Morgan fingerprint density at radius 1 is 0.833 bits per heavy atom. The van der Waals surface area contributed by atoms with Gasteiger partial charge in [-0.25, -0.2) is 14.1 Å². The van der Waals surface area contributed by atoms with Crippen LogP contribution in [0.3, 0.4) is 0 Å². The first-order chi connectivity index (χ1) is 20.5. The summed E-state index contributed by atoms with van der Waals surface area (Å²) in [5.41, 5.74) is 7.59. The van der Waals surface area contributed by atoms with E-state index < -0.39 is 7.82 Å². The number of aromatic nitrogens is 3. The van der Waals surface area contributed by atoms with E-state index >= 15 is 0 Å². The Labute approximate surface area is 254 Å². The van der Waals surface area contributed by atoms with Gasteiger partial charge in [-0.3, -0.25) is 9.05 Å². The molecule has 0 aliphatic rings. The zero-order valence-corrected chi connectivity index (χ0v) is 27.4. The van der Waals surface area contributed by atoms with Crippen molar-refractivity contribution in [3.05, 3.63) is 24.2 Å². The molecule has 10 heteroatoms. The highest BCUT2D eigenvalue weighted by molar-refractivity contribution is 7.47. The molecule has 0 aliphatic heterocycles. The second-order valence-corrected chi connectivity index (χ2v) is 13.1. The number of hydrogen-bond donors (Lipinski definition) is 2. The number of aryl methyl sites for hydroxylation is 1. The number of methoxy groups -OCH3 is 1. The third-order valence-electron chi connectivity index (χ3n) is 8.04. The van der Waals surface area contributed by atoms with Gasteiger partial charge in [0.05, 0.1) is 19.3 Å². The lowest BCUT2D eigenvalue weighted by Crippen LogP contribution is -2.19. The first kappa shape index (κ1) is 36.7. The zero-order chi connectivity index (χ0) is 30.3. The predicted molar refractivity (Wildman–Crippen MR) is 172 cm³/mol. The minimum absolute atomic E-state index is 0.0239. The van der Waals surface area contributed by atoms with Crippen molar-refractivity contribution in [2.24, 2.45) is 0 Å². The number of anilines is 1. The first-order valence-corrected chi connectivity index (χ1v) is 18.2. The summed E-state index contributed by atoms with van der Waals surface area (Å²) in [6, 6.07) is 3.81. The summed E-state index contributed by atoms with van der Waals surface area (Å²) in [6.45, 7) is 2.48. The minimum Gasteiger partial charge on any atom is -0.382 e. The van der Waals surface area contributed by atoms with E-state index in [2.05, 4.69) is 17.0 Å². The number of unbranched alkanes of at least 4 members (excludes halogenated alkanes) is 18. The van der Waals surface area contributed by atoms with E-state index in [0.717, 1.165) is 30.5 Å². The molecule has 0 radical (unpaired) electrons. The third kappa shape index (κ3) is 16.4. The Kier molecular flexibility index (Phi) is 20.0. The first-order valence-electron chi connectivity index (χ1n) is 16.7. The summed E-state index contributed by atoms with van der Waals surface area (Å²) in [7, 11) is -2.54. The molecular formula is C32H59N4O5P. The van der Waals surface area contributed by atoms with Gasteiger partial charge in [-0.05, 0) is 31.4 Å². The van der Waals surface area contributed by atoms with E-state index in [9.17, 15) is 9.46 Å². The smallest absolute Gasteiger partial charge is 0.382 e. The van der Waals surface area contributed by atoms with Gasteiger partial charge in [-0.15, -0.1) is 0 Å². The van der Waals surface area contributed by atoms with Gasteiger partial charge >= 0.3 is 7.82 Å². The topological polar surface area (TPSA) is 121 Å². The number of phosphoric acid groups is 1. The molecule has 9 nitrogen and oxygen atoms in total. The molecule has 3 N–H and O–H groups in total. The largest absolute Gasteiger partial charge is 0.472 e. The van der Waals surface area contributed by atoms with Gasteiger partial charge in [0.1, 0.15) is 11.8 Å². The van der Waals surface area contributed by atoms with E-state index in [1.54, 1.807) is 11.6 Å². The number of rotatable bonds is 28. The quantitative estimate of drug-likeness (QED) is 0.0724. The van der Waals surface area contributed by atoms with Crippen molar-refractivity contribution in [2.45, 2.75) is 148 Å². The van der Waals surface area contributed by atoms with Crippen LogP contribution in [0.25, 0.3) is 5.52 Å². The zero-order valence-electron chi connectivity index (χ0n) is 26.5. The fourth-order valence-corrected chi connectivity index (χ4v) is 6.14. The standard InChI is InChI=1S/C32H59N4O5P/c1-3-4-5-6-7-8-9-10-11-12-13-14-15-16-17-18-19-20-21-26-40-42(37,38)41-27-30(39-2)24-22-29-23-25-31-32(33)34-28-35-36(29)31/h23,25,28,30H,3-22,24,26-27H2,1-2H3,(H,37,38)(H2,33,34,35). The molecule has 0 aliphatic carbocycles. The molecule has 2 rings (SSSR count). The monoisotopic (exact) mass is 610 g/mol.